The Morgan fingerprint density at radius 1 is 1.23 bits per heavy atom. The van der Waals surface area contributed by atoms with E-state index in [0.717, 1.165) is 7.11 Å². The molecule has 0 aliphatic carbocycles. The lowest BCUT2D eigenvalue weighted by Crippen LogP contribution is -2.36. The summed E-state index contributed by atoms with van der Waals surface area (Å²) in [6.45, 7) is 5.09. The smallest absolute Gasteiger partial charge is 0.334 e. The second-order valence-corrected chi connectivity index (χ2v) is 4.74. The van der Waals surface area contributed by atoms with Crippen LogP contribution < -0.4 is 0 Å². The standard InChI is InChI=1S/C16H24O6/c1-5-7-8-9-15(19)22-14(11(3)12(17)6-2)10-13(18)16(20)21-4/h5,7-9,11,13-14,18H,6,10H2,1-4H3. The molecule has 0 aromatic rings. The van der Waals surface area contributed by atoms with Crippen molar-refractivity contribution in [3.8, 4) is 0 Å². The number of aliphatic hydroxyl groups excluding tert-OH is 1. The van der Waals surface area contributed by atoms with Crippen LogP contribution in [0.4, 0.5) is 0 Å². The summed E-state index contributed by atoms with van der Waals surface area (Å²) in [6.07, 6.45) is 3.84. The Morgan fingerprint density at radius 3 is 2.36 bits per heavy atom. The van der Waals surface area contributed by atoms with Gasteiger partial charge < -0.3 is 14.6 Å². The zero-order valence-corrected chi connectivity index (χ0v) is 13.4. The van der Waals surface area contributed by atoms with Gasteiger partial charge in [-0.3, -0.25) is 4.79 Å². The van der Waals surface area contributed by atoms with E-state index in [2.05, 4.69) is 4.74 Å². The largest absolute Gasteiger partial charge is 0.467 e. The fraction of sp³-hybridized carbons (Fsp3) is 0.562. The second kappa shape index (κ2) is 10.7. The molecule has 6 heteroatoms. The fourth-order valence-electron chi connectivity index (χ4n) is 1.77. The van der Waals surface area contributed by atoms with Crippen LogP contribution in [0.5, 0.6) is 0 Å². The van der Waals surface area contributed by atoms with Crippen LogP contribution in [0.25, 0.3) is 0 Å². The van der Waals surface area contributed by atoms with Gasteiger partial charge in [0.25, 0.3) is 0 Å². The second-order valence-electron chi connectivity index (χ2n) is 4.74. The highest BCUT2D eigenvalue weighted by atomic mass is 16.5. The Labute approximate surface area is 130 Å². The van der Waals surface area contributed by atoms with Gasteiger partial charge in [0.1, 0.15) is 11.9 Å². The quantitative estimate of drug-likeness (QED) is 0.395. The number of Topliss-reactive ketones (excluding diaryl/α,β-unsaturated/α-hetero) is 1. The van der Waals surface area contributed by atoms with Crippen molar-refractivity contribution in [2.24, 2.45) is 5.92 Å². The molecule has 0 bridgehead atoms. The first-order valence-electron chi connectivity index (χ1n) is 7.15. The average Bonchev–Trinajstić information content (AvgIpc) is 2.51. The summed E-state index contributed by atoms with van der Waals surface area (Å²) in [4.78, 5) is 34.8. The average molecular weight is 312 g/mol. The molecule has 0 saturated heterocycles. The predicted molar refractivity (Wildman–Crippen MR) is 80.9 cm³/mol. The summed E-state index contributed by atoms with van der Waals surface area (Å²) in [5.74, 6) is -2.21. The van der Waals surface area contributed by atoms with Crippen LogP contribution in [0.15, 0.2) is 24.3 Å². The van der Waals surface area contributed by atoms with Gasteiger partial charge in [-0.15, -0.1) is 0 Å². The zero-order valence-electron chi connectivity index (χ0n) is 13.4. The molecule has 0 amide bonds. The van der Waals surface area contributed by atoms with Crippen molar-refractivity contribution in [3.05, 3.63) is 24.3 Å². The van der Waals surface area contributed by atoms with Crippen molar-refractivity contribution in [3.63, 3.8) is 0 Å². The van der Waals surface area contributed by atoms with Crippen molar-refractivity contribution < 1.29 is 29.0 Å². The van der Waals surface area contributed by atoms with Gasteiger partial charge >= 0.3 is 11.9 Å². The van der Waals surface area contributed by atoms with Crippen LogP contribution in [-0.4, -0.2) is 42.1 Å². The van der Waals surface area contributed by atoms with Crippen molar-refractivity contribution >= 4 is 17.7 Å². The Kier molecular flexibility index (Phi) is 9.78. The maximum Gasteiger partial charge on any atom is 0.334 e. The highest BCUT2D eigenvalue weighted by Gasteiger charge is 2.30. The molecule has 0 aromatic heterocycles. The summed E-state index contributed by atoms with van der Waals surface area (Å²) < 4.78 is 9.63. The van der Waals surface area contributed by atoms with Crippen molar-refractivity contribution in [2.45, 2.75) is 45.8 Å². The highest BCUT2D eigenvalue weighted by Crippen LogP contribution is 2.17. The lowest BCUT2D eigenvalue weighted by Gasteiger charge is -2.24. The number of aliphatic hydroxyl groups is 1. The molecule has 0 fully saturated rings. The lowest BCUT2D eigenvalue weighted by atomic mass is 9.93. The summed E-state index contributed by atoms with van der Waals surface area (Å²) in [5, 5.41) is 9.71. The van der Waals surface area contributed by atoms with E-state index in [0.29, 0.717) is 0 Å². The number of carbonyl (C=O) groups is 3. The number of rotatable bonds is 9. The van der Waals surface area contributed by atoms with Crippen LogP contribution in [0.2, 0.25) is 0 Å². The molecule has 3 atom stereocenters. The molecule has 124 valence electrons. The Balaban J connectivity index is 4.96. The van der Waals surface area contributed by atoms with Crippen LogP contribution in [-0.2, 0) is 23.9 Å². The number of hydrogen-bond acceptors (Lipinski definition) is 6. The SMILES string of the molecule is CC=CC=CC(=O)OC(CC(O)C(=O)OC)C(C)C(=O)CC. The fourth-order valence-corrected chi connectivity index (χ4v) is 1.77. The number of hydrogen-bond donors (Lipinski definition) is 1. The normalized spacial score (nSPS) is 15.5. The Hall–Kier alpha value is -1.95. The van der Waals surface area contributed by atoms with E-state index < -0.39 is 30.1 Å². The van der Waals surface area contributed by atoms with Gasteiger partial charge in [0, 0.05) is 18.9 Å². The minimum Gasteiger partial charge on any atom is -0.467 e. The molecule has 0 heterocycles. The molecule has 0 radical (unpaired) electrons. The number of esters is 2. The number of ether oxygens (including phenoxy) is 2. The molecular formula is C16H24O6. The maximum absolute atomic E-state index is 11.8. The molecule has 0 aliphatic rings. The van der Waals surface area contributed by atoms with Crippen LogP contribution in [0, 0.1) is 5.92 Å². The van der Waals surface area contributed by atoms with Crippen LogP contribution in [0.1, 0.15) is 33.6 Å². The summed E-state index contributed by atoms with van der Waals surface area (Å²) in [7, 11) is 1.15. The van der Waals surface area contributed by atoms with Crippen molar-refractivity contribution in [1.82, 2.24) is 0 Å². The van der Waals surface area contributed by atoms with E-state index in [-0.39, 0.29) is 18.6 Å². The van der Waals surface area contributed by atoms with E-state index in [9.17, 15) is 19.5 Å². The Bertz CT molecular complexity index is 438. The molecule has 0 rings (SSSR count). The molecule has 0 spiro atoms. The van der Waals surface area contributed by atoms with Crippen molar-refractivity contribution in [1.29, 1.82) is 0 Å². The van der Waals surface area contributed by atoms with E-state index in [1.165, 1.54) is 12.2 Å². The van der Waals surface area contributed by atoms with E-state index in [1.54, 1.807) is 32.9 Å². The van der Waals surface area contributed by atoms with Gasteiger partial charge in [-0.25, -0.2) is 9.59 Å². The van der Waals surface area contributed by atoms with E-state index >= 15 is 0 Å². The Morgan fingerprint density at radius 2 is 1.86 bits per heavy atom. The van der Waals surface area contributed by atoms with Gasteiger partial charge in [-0.05, 0) is 6.92 Å². The number of methoxy groups -OCH3 is 1. The van der Waals surface area contributed by atoms with Gasteiger partial charge in [0.05, 0.1) is 13.0 Å². The van der Waals surface area contributed by atoms with Gasteiger partial charge in [0.15, 0.2) is 6.10 Å². The number of ketones is 1. The van der Waals surface area contributed by atoms with Crippen LogP contribution >= 0.6 is 0 Å². The maximum atomic E-state index is 11.8. The topological polar surface area (TPSA) is 89.9 Å². The third kappa shape index (κ3) is 7.17. The zero-order chi connectivity index (χ0) is 17.1. The minimum absolute atomic E-state index is 0.118. The lowest BCUT2D eigenvalue weighted by molar-refractivity contribution is -0.159. The van der Waals surface area contributed by atoms with E-state index in [4.69, 9.17) is 4.74 Å². The molecule has 0 saturated carbocycles. The third-order valence-corrected chi connectivity index (χ3v) is 3.15. The molecule has 0 aromatic carbocycles. The van der Waals surface area contributed by atoms with E-state index in [1.807, 2.05) is 0 Å². The molecule has 0 aliphatic heterocycles. The first kappa shape index (κ1) is 20.1. The van der Waals surface area contributed by atoms with Crippen molar-refractivity contribution in [2.75, 3.05) is 7.11 Å². The summed E-state index contributed by atoms with van der Waals surface area (Å²) in [5.41, 5.74) is 0. The molecule has 3 unspecified atom stereocenters. The first-order chi connectivity index (χ1) is 10.4. The molecule has 6 nitrogen and oxygen atoms in total. The summed E-state index contributed by atoms with van der Waals surface area (Å²) in [6, 6.07) is 0. The number of allylic oxidation sites excluding steroid dienone is 3. The van der Waals surface area contributed by atoms with Crippen LogP contribution in [0.3, 0.4) is 0 Å². The third-order valence-electron chi connectivity index (χ3n) is 3.15. The minimum atomic E-state index is -1.45. The van der Waals surface area contributed by atoms with Gasteiger partial charge in [-0.1, -0.05) is 32.1 Å². The molecular weight excluding hydrogens is 288 g/mol. The van der Waals surface area contributed by atoms with Gasteiger partial charge in [-0.2, -0.15) is 0 Å². The molecule has 1 N–H and O–H groups in total. The number of carbonyl (C=O) groups excluding carboxylic acids is 3. The van der Waals surface area contributed by atoms with Gasteiger partial charge in [0.2, 0.25) is 0 Å². The summed E-state index contributed by atoms with van der Waals surface area (Å²) >= 11 is 0. The molecule has 22 heavy (non-hydrogen) atoms. The monoisotopic (exact) mass is 312 g/mol. The first-order valence-corrected chi connectivity index (χ1v) is 7.15. The highest BCUT2D eigenvalue weighted by molar-refractivity contribution is 5.84. The predicted octanol–water partition coefficient (Wildman–Crippen LogP) is 1.57.